The third-order valence-corrected chi connectivity index (χ3v) is 2.19. The normalized spacial score (nSPS) is 46.3. The minimum Gasteiger partial charge on any atom is -0.394 e. The van der Waals surface area contributed by atoms with E-state index in [-0.39, 0.29) is 0 Å². The van der Waals surface area contributed by atoms with Crippen molar-refractivity contribution in [3.05, 3.63) is 0 Å². The largest absolute Gasteiger partial charge is 0.394 e. The second kappa shape index (κ2) is 4.49. The molecule has 0 radical (unpaired) electrons. The summed E-state index contributed by atoms with van der Waals surface area (Å²) in [6.07, 6.45) is -9.26. The van der Waals surface area contributed by atoms with E-state index in [4.69, 9.17) is 20.4 Å². The molecule has 6 N–H and O–H groups in total. The van der Waals surface area contributed by atoms with E-state index in [0.29, 0.717) is 0 Å². The van der Waals surface area contributed by atoms with E-state index in [1.54, 1.807) is 0 Å². The average Bonchev–Trinajstić information content (AvgIpc) is 2.19. The molecule has 0 aromatic carbocycles. The van der Waals surface area contributed by atoms with Crippen molar-refractivity contribution in [3.8, 4) is 0 Å². The van der Waals surface area contributed by atoms with Crippen molar-refractivity contribution in [2.75, 3.05) is 6.61 Å². The van der Waals surface area contributed by atoms with Crippen molar-refractivity contribution in [1.82, 2.24) is 0 Å². The molecule has 1 heterocycles. The average molecular weight is 210 g/mol. The molecule has 1 rings (SSSR count). The van der Waals surface area contributed by atoms with Crippen LogP contribution in [0.3, 0.4) is 0 Å². The van der Waals surface area contributed by atoms with Crippen LogP contribution in [0.5, 0.6) is 0 Å². The molecule has 6 atom stereocenters. The van der Waals surface area contributed by atoms with Crippen LogP contribution in [-0.4, -0.2) is 74.1 Å². The van der Waals surface area contributed by atoms with E-state index in [2.05, 4.69) is 4.74 Å². The summed E-state index contributed by atoms with van der Waals surface area (Å²) in [6, 6.07) is 0. The van der Waals surface area contributed by atoms with Gasteiger partial charge in [-0.2, -0.15) is 0 Å². The Morgan fingerprint density at radius 1 is 1.00 bits per heavy atom. The quantitative estimate of drug-likeness (QED) is 0.275. The maximum Gasteiger partial charge on any atom is 0.184 e. The summed E-state index contributed by atoms with van der Waals surface area (Å²) in [5.74, 6) is 0. The Morgan fingerprint density at radius 2 is 1.57 bits per heavy atom. The highest BCUT2D eigenvalue weighted by atomic mass is 16.6. The SMILES string of the molecule is OC[C@@H](O)[C@H]1OC(O)[C@H](O)[C@@H](O)[C@H]1O. The molecule has 0 spiro atoms. The zero-order valence-corrected chi connectivity index (χ0v) is 7.26. The molecule has 84 valence electrons. The zero-order chi connectivity index (χ0) is 10.9. The van der Waals surface area contributed by atoms with Gasteiger partial charge in [0.25, 0.3) is 0 Å². The molecule has 7 heteroatoms. The van der Waals surface area contributed by atoms with Crippen LogP contribution in [0.2, 0.25) is 0 Å². The van der Waals surface area contributed by atoms with Gasteiger partial charge in [0.05, 0.1) is 6.61 Å². The topological polar surface area (TPSA) is 131 Å². The second-order valence-electron chi connectivity index (χ2n) is 3.21. The molecule has 1 unspecified atom stereocenters. The molecule has 7 nitrogen and oxygen atoms in total. The summed E-state index contributed by atoms with van der Waals surface area (Å²) >= 11 is 0. The third kappa shape index (κ3) is 2.04. The Kier molecular flexibility index (Phi) is 3.78. The lowest BCUT2D eigenvalue weighted by atomic mass is 9.96. The van der Waals surface area contributed by atoms with Crippen LogP contribution in [0.4, 0.5) is 0 Å². The van der Waals surface area contributed by atoms with Gasteiger partial charge in [0.1, 0.15) is 30.5 Å². The summed E-state index contributed by atoms with van der Waals surface area (Å²) in [5.41, 5.74) is 0. The molecular weight excluding hydrogens is 196 g/mol. The van der Waals surface area contributed by atoms with Gasteiger partial charge in [0, 0.05) is 0 Å². The summed E-state index contributed by atoms with van der Waals surface area (Å²) in [4.78, 5) is 0. The Morgan fingerprint density at radius 3 is 2.07 bits per heavy atom. The lowest BCUT2D eigenvalue weighted by Crippen LogP contribution is -2.61. The fraction of sp³-hybridized carbons (Fsp3) is 1.00. The first-order chi connectivity index (χ1) is 6.49. The molecule has 14 heavy (non-hydrogen) atoms. The van der Waals surface area contributed by atoms with Gasteiger partial charge in [0.2, 0.25) is 0 Å². The van der Waals surface area contributed by atoms with E-state index in [1.807, 2.05) is 0 Å². The predicted octanol–water partition coefficient (Wildman–Crippen LogP) is -3.86. The van der Waals surface area contributed by atoms with Crippen molar-refractivity contribution < 1.29 is 35.4 Å². The van der Waals surface area contributed by atoms with Crippen LogP contribution in [0.25, 0.3) is 0 Å². The van der Waals surface area contributed by atoms with Crippen molar-refractivity contribution in [2.24, 2.45) is 0 Å². The van der Waals surface area contributed by atoms with E-state index in [0.717, 1.165) is 0 Å². The lowest BCUT2D eigenvalue weighted by Gasteiger charge is -2.39. The van der Waals surface area contributed by atoms with Crippen LogP contribution in [-0.2, 0) is 4.74 Å². The monoisotopic (exact) mass is 210 g/mol. The highest BCUT2D eigenvalue weighted by molar-refractivity contribution is 4.91. The minimum atomic E-state index is -1.69. The van der Waals surface area contributed by atoms with Gasteiger partial charge >= 0.3 is 0 Å². The van der Waals surface area contributed by atoms with Gasteiger partial charge in [-0.25, -0.2) is 0 Å². The molecule has 0 bridgehead atoms. The number of aliphatic hydroxyl groups is 6. The molecule has 0 aliphatic carbocycles. The molecule has 0 amide bonds. The Labute approximate surface area is 79.8 Å². The van der Waals surface area contributed by atoms with Crippen molar-refractivity contribution in [2.45, 2.75) is 36.8 Å². The highest BCUT2D eigenvalue weighted by Gasteiger charge is 2.45. The third-order valence-electron chi connectivity index (χ3n) is 2.19. The van der Waals surface area contributed by atoms with E-state index in [1.165, 1.54) is 0 Å². The van der Waals surface area contributed by atoms with Gasteiger partial charge in [-0.1, -0.05) is 0 Å². The van der Waals surface area contributed by atoms with Crippen molar-refractivity contribution in [1.29, 1.82) is 0 Å². The fourth-order valence-electron chi connectivity index (χ4n) is 1.31. The molecule has 0 saturated carbocycles. The van der Waals surface area contributed by atoms with Crippen molar-refractivity contribution in [3.63, 3.8) is 0 Å². The first-order valence-electron chi connectivity index (χ1n) is 4.15. The maximum atomic E-state index is 9.31. The minimum absolute atomic E-state index is 0.683. The van der Waals surface area contributed by atoms with E-state index < -0.39 is 43.4 Å². The number of aliphatic hydroxyl groups excluding tert-OH is 6. The molecular formula is C7H14O7. The number of ether oxygens (including phenoxy) is 1. The smallest absolute Gasteiger partial charge is 0.184 e. The van der Waals surface area contributed by atoms with Gasteiger partial charge < -0.3 is 35.4 Å². The van der Waals surface area contributed by atoms with Crippen LogP contribution in [0.15, 0.2) is 0 Å². The number of hydrogen-bond donors (Lipinski definition) is 6. The number of hydrogen-bond acceptors (Lipinski definition) is 7. The molecule has 1 saturated heterocycles. The lowest BCUT2D eigenvalue weighted by molar-refractivity contribution is -0.298. The summed E-state index contributed by atoms with van der Waals surface area (Å²) in [5, 5.41) is 54.3. The molecule has 0 aromatic rings. The van der Waals surface area contributed by atoms with Gasteiger partial charge in [-0.3, -0.25) is 0 Å². The highest BCUT2D eigenvalue weighted by Crippen LogP contribution is 2.21. The Bertz CT molecular complexity index is 187. The molecule has 0 aromatic heterocycles. The summed E-state index contributed by atoms with van der Waals surface area (Å²) in [7, 11) is 0. The van der Waals surface area contributed by atoms with Crippen LogP contribution in [0.1, 0.15) is 0 Å². The van der Waals surface area contributed by atoms with Gasteiger partial charge in [-0.15, -0.1) is 0 Å². The van der Waals surface area contributed by atoms with E-state index in [9.17, 15) is 10.2 Å². The Hall–Kier alpha value is -0.280. The second-order valence-corrected chi connectivity index (χ2v) is 3.21. The standard InChI is InChI=1S/C7H14O7/c8-1-2(9)6-4(11)3(10)5(12)7(13)14-6/h2-13H,1H2/t2-,3+,4-,5-,6-,7?/m1/s1. The van der Waals surface area contributed by atoms with Crippen LogP contribution in [0, 0.1) is 0 Å². The van der Waals surface area contributed by atoms with Gasteiger partial charge in [-0.05, 0) is 0 Å². The Balaban J connectivity index is 2.70. The predicted molar refractivity (Wildman–Crippen MR) is 42.0 cm³/mol. The fourth-order valence-corrected chi connectivity index (χ4v) is 1.31. The molecule has 1 aliphatic rings. The van der Waals surface area contributed by atoms with Crippen LogP contribution < -0.4 is 0 Å². The summed E-state index contributed by atoms with van der Waals surface area (Å²) in [6.45, 7) is -0.683. The number of rotatable bonds is 2. The summed E-state index contributed by atoms with van der Waals surface area (Å²) < 4.78 is 4.62. The molecule has 1 fully saturated rings. The van der Waals surface area contributed by atoms with Gasteiger partial charge in [0.15, 0.2) is 6.29 Å². The first kappa shape index (κ1) is 11.8. The zero-order valence-electron chi connectivity index (χ0n) is 7.26. The molecule has 1 aliphatic heterocycles. The van der Waals surface area contributed by atoms with Crippen LogP contribution >= 0.6 is 0 Å². The maximum absolute atomic E-state index is 9.31. The first-order valence-corrected chi connectivity index (χ1v) is 4.15. The van der Waals surface area contributed by atoms with E-state index >= 15 is 0 Å². The van der Waals surface area contributed by atoms with Crippen molar-refractivity contribution >= 4 is 0 Å².